The zero-order valence-corrected chi connectivity index (χ0v) is 15.3. The Morgan fingerprint density at radius 3 is 2.38 bits per heavy atom. The molecular weight excluding hydrogens is 394 g/mol. The molecule has 112 valence electrons. The third-order valence-electron chi connectivity index (χ3n) is 3.30. The minimum absolute atomic E-state index is 0.152. The molecule has 0 fully saturated rings. The van der Waals surface area contributed by atoms with E-state index in [4.69, 9.17) is 10.5 Å². The van der Waals surface area contributed by atoms with Gasteiger partial charge in [-0.2, -0.15) is 0 Å². The number of rotatable bonds is 5. The van der Waals surface area contributed by atoms with Gasteiger partial charge in [0.15, 0.2) is 0 Å². The lowest BCUT2D eigenvalue weighted by molar-refractivity contribution is 0.211. The van der Waals surface area contributed by atoms with Crippen molar-refractivity contribution in [2.24, 2.45) is 5.73 Å². The molecule has 1 atom stereocenters. The first-order valence-corrected chi connectivity index (χ1v) is 8.51. The van der Waals surface area contributed by atoms with Gasteiger partial charge in [-0.15, -0.1) is 0 Å². The van der Waals surface area contributed by atoms with Gasteiger partial charge in [0.2, 0.25) is 0 Å². The monoisotopic (exact) mass is 411 g/mol. The van der Waals surface area contributed by atoms with Gasteiger partial charge in [0.05, 0.1) is 0 Å². The molecule has 0 aliphatic rings. The van der Waals surface area contributed by atoms with Gasteiger partial charge >= 0.3 is 0 Å². The molecule has 2 aromatic carbocycles. The topological polar surface area (TPSA) is 35.2 Å². The molecule has 0 saturated carbocycles. The molecule has 0 aromatic heterocycles. The maximum Gasteiger partial charge on any atom is 0.136 e. The van der Waals surface area contributed by atoms with Gasteiger partial charge in [0.1, 0.15) is 11.9 Å². The Morgan fingerprint density at radius 1 is 1.05 bits per heavy atom. The molecular formula is C17H19Br2NO. The summed E-state index contributed by atoms with van der Waals surface area (Å²) in [6.45, 7) is 4.75. The van der Waals surface area contributed by atoms with Crippen LogP contribution in [0.1, 0.15) is 37.0 Å². The van der Waals surface area contributed by atoms with Crippen molar-refractivity contribution in [1.29, 1.82) is 0 Å². The molecule has 0 aliphatic heterocycles. The maximum absolute atomic E-state index is 6.19. The molecule has 0 heterocycles. The van der Waals surface area contributed by atoms with Crippen molar-refractivity contribution in [3.05, 3.63) is 62.5 Å². The average molecular weight is 413 g/mol. The Kier molecular flexibility index (Phi) is 5.85. The van der Waals surface area contributed by atoms with E-state index in [1.54, 1.807) is 0 Å². The van der Waals surface area contributed by atoms with Crippen molar-refractivity contribution in [3.8, 4) is 5.75 Å². The van der Waals surface area contributed by atoms with Gasteiger partial charge < -0.3 is 10.5 Å². The molecule has 0 aliphatic carbocycles. The molecule has 2 rings (SSSR count). The van der Waals surface area contributed by atoms with Crippen LogP contribution in [-0.4, -0.2) is 6.54 Å². The third kappa shape index (κ3) is 4.31. The molecule has 1 unspecified atom stereocenters. The molecule has 2 aromatic rings. The van der Waals surface area contributed by atoms with Gasteiger partial charge in [0.25, 0.3) is 0 Å². The van der Waals surface area contributed by atoms with Crippen molar-refractivity contribution in [1.82, 2.24) is 0 Å². The van der Waals surface area contributed by atoms with Gasteiger partial charge in [-0.1, -0.05) is 57.8 Å². The van der Waals surface area contributed by atoms with E-state index in [1.165, 1.54) is 5.56 Å². The van der Waals surface area contributed by atoms with Crippen molar-refractivity contribution in [2.45, 2.75) is 25.9 Å². The fraction of sp³-hybridized carbons (Fsp3) is 0.294. The Labute approximate surface area is 143 Å². The minimum Gasteiger partial charge on any atom is -0.484 e. The van der Waals surface area contributed by atoms with Gasteiger partial charge in [0, 0.05) is 15.5 Å². The number of hydrogen-bond acceptors (Lipinski definition) is 2. The molecule has 0 radical (unpaired) electrons. The Morgan fingerprint density at radius 2 is 1.76 bits per heavy atom. The standard InChI is InChI=1S/C17H19Br2NO/c1-11(2)15-9-14(19)6-7-16(15)21-17(10-20)12-4-3-5-13(18)8-12/h3-9,11,17H,10,20H2,1-2H3. The second-order valence-electron chi connectivity index (χ2n) is 5.23. The quantitative estimate of drug-likeness (QED) is 0.711. The fourth-order valence-corrected chi connectivity index (χ4v) is 2.99. The summed E-state index contributed by atoms with van der Waals surface area (Å²) in [6.07, 6.45) is -0.152. The van der Waals surface area contributed by atoms with Crippen LogP contribution in [0.3, 0.4) is 0 Å². The first-order chi connectivity index (χ1) is 10.0. The molecule has 0 amide bonds. The highest BCUT2D eigenvalue weighted by molar-refractivity contribution is 9.10. The lowest BCUT2D eigenvalue weighted by atomic mass is 10.0. The molecule has 2 N–H and O–H groups in total. The van der Waals surface area contributed by atoms with Crippen LogP contribution >= 0.6 is 31.9 Å². The largest absolute Gasteiger partial charge is 0.484 e. The second kappa shape index (κ2) is 7.43. The van der Waals surface area contributed by atoms with Gasteiger partial charge in [-0.05, 0) is 47.4 Å². The smallest absolute Gasteiger partial charge is 0.136 e. The maximum atomic E-state index is 6.19. The van der Waals surface area contributed by atoms with Crippen molar-refractivity contribution in [2.75, 3.05) is 6.54 Å². The number of hydrogen-bond donors (Lipinski definition) is 1. The molecule has 0 spiro atoms. The summed E-state index contributed by atoms with van der Waals surface area (Å²) in [5.41, 5.74) is 8.16. The lowest BCUT2D eigenvalue weighted by Crippen LogP contribution is -2.19. The van der Waals surface area contributed by atoms with Crippen LogP contribution < -0.4 is 10.5 Å². The van der Waals surface area contributed by atoms with E-state index in [-0.39, 0.29) is 6.10 Å². The molecule has 0 saturated heterocycles. The van der Waals surface area contributed by atoms with Crippen LogP contribution in [0.5, 0.6) is 5.75 Å². The SMILES string of the molecule is CC(C)c1cc(Br)ccc1OC(CN)c1cccc(Br)c1. The van der Waals surface area contributed by atoms with Crippen LogP contribution in [0.2, 0.25) is 0 Å². The number of benzene rings is 2. The highest BCUT2D eigenvalue weighted by Gasteiger charge is 2.16. The van der Waals surface area contributed by atoms with Gasteiger partial charge in [-0.25, -0.2) is 0 Å². The van der Waals surface area contributed by atoms with Crippen molar-refractivity contribution in [3.63, 3.8) is 0 Å². The predicted molar refractivity (Wildman–Crippen MR) is 94.8 cm³/mol. The minimum atomic E-state index is -0.152. The van der Waals surface area contributed by atoms with Crippen LogP contribution in [0, 0.1) is 0 Å². The first-order valence-electron chi connectivity index (χ1n) is 6.93. The summed E-state index contributed by atoms with van der Waals surface area (Å²) in [5, 5.41) is 0. The Bertz CT molecular complexity index is 613. The predicted octanol–water partition coefficient (Wildman–Crippen LogP) is 5.41. The fourth-order valence-electron chi connectivity index (χ4n) is 2.19. The van der Waals surface area contributed by atoms with Crippen molar-refractivity contribution >= 4 is 31.9 Å². The van der Waals surface area contributed by atoms with E-state index in [9.17, 15) is 0 Å². The summed E-state index contributed by atoms with van der Waals surface area (Å²) >= 11 is 7.01. The van der Waals surface area contributed by atoms with Crippen molar-refractivity contribution < 1.29 is 4.74 Å². The average Bonchev–Trinajstić information content (AvgIpc) is 2.45. The van der Waals surface area contributed by atoms with Crippen LogP contribution in [-0.2, 0) is 0 Å². The van der Waals surface area contributed by atoms with E-state index in [0.717, 1.165) is 20.3 Å². The number of ether oxygens (including phenoxy) is 1. The first kappa shape index (κ1) is 16.5. The summed E-state index contributed by atoms with van der Waals surface area (Å²) in [5.74, 6) is 1.28. The Balaban J connectivity index is 2.31. The summed E-state index contributed by atoms with van der Waals surface area (Å²) in [6, 6.07) is 14.2. The van der Waals surface area contributed by atoms with E-state index >= 15 is 0 Å². The summed E-state index contributed by atoms with van der Waals surface area (Å²) in [4.78, 5) is 0. The zero-order valence-electron chi connectivity index (χ0n) is 12.1. The molecule has 2 nitrogen and oxygen atoms in total. The zero-order chi connectivity index (χ0) is 15.4. The molecule has 21 heavy (non-hydrogen) atoms. The van der Waals surface area contributed by atoms with Crippen LogP contribution in [0.25, 0.3) is 0 Å². The highest BCUT2D eigenvalue weighted by Crippen LogP contribution is 2.32. The van der Waals surface area contributed by atoms with Crippen LogP contribution in [0.4, 0.5) is 0 Å². The van der Waals surface area contributed by atoms with Gasteiger partial charge in [-0.3, -0.25) is 0 Å². The normalized spacial score (nSPS) is 12.5. The summed E-state index contributed by atoms with van der Waals surface area (Å²) in [7, 11) is 0. The second-order valence-corrected chi connectivity index (χ2v) is 7.07. The van der Waals surface area contributed by atoms with E-state index in [0.29, 0.717) is 12.5 Å². The number of nitrogens with two attached hydrogens (primary N) is 1. The lowest BCUT2D eigenvalue weighted by Gasteiger charge is -2.21. The molecule has 4 heteroatoms. The van der Waals surface area contributed by atoms with Crippen LogP contribution in [0.15, 0.2) is 51.4 Å². The third-order valence-corrected chi connectivity index (χ3v) is 4.28. The van der Waals surface area contributed by atoms with E-state index in [1.807, 2.05) is 36.4 Å². The molecule has 0 bridgehead atoms. The van der Waals surface area contributed by atoms with E-state index < -0.39 is 0 Å². The highest BCUT2D eigenvalue weighted by atomic mass is 79.9. The summed E-state index contributed by atoms with van der Waals surface area (Å²) < 4.78 is 8.28. The number of halogens is 2. The Hall–Kier alpha value is -0.840. The van der Waals surface area contributed by atoms with E-state index in [2.05, 4.69) is 51.8 Å².